The zero-order valence-corrected chi connectivity index (χ0v) is 13.0. The smallest absolute Gasteiger partial charge is 0.230 e. The van der Waals surface area contributed by atoms with Crippen LogP contribution in [0.25, 0.3) is 0 Å². The van der Waals surface area contributed by atoms with E-state index in [1.165, 1.54) is 11.8 Å². The number of benzene rings is 1. The van der Waals surface area contributed by atoms with Crippen LogP contribution in [0.15, 0.2) is 27.6 Å². The third kappa shape index (κ3) is 5.00. The highest BCUT2D eigenvalue weighted by Crippen LogP contribution is 2.28. The molecule has 0 spiro atoms. The van der Waals surface area contributed by atoms with Crippen molar-refractivity contribution < 1.29 is 9.90 Å². The minimum Gasteiger partial charge on any atom is -0.389 e. The Kier molecular flexibility index (Phi) is 6.75. The summed E-state index contributed by atoms with van der Waals surface area (Å²) in [5, 5.41) is 12.3. The van der Waals surface area contributed by atoms with Crippen molar-refractivity contribution >= 4 is 33.6 Å². The van der Waals surface area contributed by atoms with Crippen LogP contribution in [0.4, 0.5) is 0 Å². The Labute approximate surface area is 120 Å². The quantitative estimate of drug-likeness (QED) is 0.787. The molecule has 100 valence electrons. The molecular formula is C13H18BrNO2S. The highest BCUT2D eigenvalue weighted by atomic mass is 79.9. The molecular weight excluding hydrogens is 314 g/mol. The van der Waals surface area contributed by atoms with E-state index < -0.39 is 6.10 Å². The Morgan fingerprint density at radius 3 is 2.83 bits per heavy atom. The summed E-state index contributed by atoms with van der Waals surface area (Å²) in [5.41, 5.74) is 0.856. The summed E-state index contributed by atoms with van der Waals surface area (Å²) in [6, 6.07) is 5.73. The molecule has 0 bridgehead atoms. The Morgan fingerprint density at radius 1 is 1.56 bits per heavy atom. The topological polar surface area (TPSA) is 49.3 Å². The average Bonchev–Trinajstić information content (AvgIpc) is 2.33. The van der Waals surface area contributed by atoms with Gasteiger partial charge < -0.3 is 10.4 Å². The molecule has 3 nitrogen and oxygen atoms in total. The van der Waals surface area contributed by atoms with Gasteiger partial charge in [-0.1, -0.05) is 28.9 Å². The lowest BCUT2D eigenvalue weighted by molar-refractivity contribution is -0.118. The molecule has 1 aromatic carbocycles. The third-order valence-electron chi connectivity index (χ3n) is 2.36. The van der Waals surface area contributed by atoms with Gasteiger partial charge in [0.1, 0.15) is 0 Å². The number of carbonyl (C=O) groups is 1. The monoisotopic (exact) mass is 331 g/mol. The van der Waals surface area contributed by atoms with E-state index in [9.17, 15) is 9.90 Å². The van der Waals surface area contributed by atoms with Crippen LogP contribution in [0.3, 0.4) is 0 Å². The van der Waals surface area contributed by atoms with E-state index in [1.807, 2.05) is 25.1 Å². The summed E-state index contributed by atoms with van der Waals surface area (Å²) in [7, 11) is 0. The van der Waals surface area contributed by atoms with Gasteiger partial charge in [-0.15, -0.1) is 11.8 Å². The van der Waals surface area contributed by atoms with E-state index in [0.29, 0.717) is 5.75 Å². The fraction of sp³-hybridized carbons (Fsp3) is 0.462. The summed E-state index contributed by atoms with van der Waals surface area (Å²) in [5.74, 6) is 0.470. The predicted molar refractivity (Wildman–Crippen MR) is 78.8 cm³/mol. The summed E-state index contributed by atoms with van der Waals surface area (Å²) < 4.78 is 0.872. The van der Waals surface area contributed by atoms with Crippen LogP contribution in [0.2, 0.25) is 0 Å². The lowest BCUT2D eigenvalue weighted by Crippen LogP contribution is -2.25. The van der Waals surface area contributed by atoms with Gasteiger partial charge in [0.25, 0.3) is 0 Å². The molecule has 5 heteroatoms. The molecule has 0 aliphatic carbocycles. The highest BCUT2D eigenvalue weighted by molar-refractivity contribution is 9.10. The minimum atomic E-state index is -0.494. The molecule has 0 aliphatic heterocycles. The largest absolute Gasteiger partial charge is 0.389 e. The summed E-state index contributed by atoms with van der Waals surface area (Å²) in [4.78, 5) is 12.5. The predicted octanol–water partition coefficient (Wildman–Crippen LogP) is 3.12. The molecule has 0 heterocycles. The Morgan fingerprint density at radius 2 is 2.28 bits per heavy atom. The van der Waals surface area contributed by atoms with Crippen LogP contribution in [0.5, 0.6) is 0 Å². The first kappa shape index (κ1) is 15.5. The van der Waals surface area contributed by atoms with Crippen molar-refractivity contribution in [1.29, 1.82) is 0 Å². The lowest BCUT2D eigenvalue weighted by atomic mass is 10.1. The van der Waals surface area contributed by atoms with Crippen molar-refractivity contribution in [2.24, 2.45) is 0 Å². The molecule has 0 aliphatic rings. The van der Waals surface area contributed by atoms with Crippen LogP contribution >= 0.6 is 27.7 Å². The van der Waals surface area contributed by atoms with Crippen molar-refractivity contribution in [2.45, 2.75) is 31.3 Å². The molecule has 0 radical (unpaired) electrons. The second-order valence-electron chi connectivity index (χ2n) is 4.00. The molecule has 0 unspecified atom stereocenters. The van der Waals surface area contributed by atoms with Crippen LogP contribution < -0.4 is 5.32 Å². The number of rotatable bonds is 6. The van der Waals surface area contributed by atoms with E-state index in [4.69, 9.17) is 0 Å². The molecule has 1 rings (SSSR count). The number of halogens is 1. The van der Waals surface area contributed by atoms with Gasteiger partial charge in [-0.2, -0.15) is 0 Å². The maximum atomic E-state index is 11.5. The summed E-state index contributed by atoms with van der Waals surface area (Å²) in [6.07, 6.45) is 0.455. The highest BCUT2D eigenvalue weighted by Gasteiger charge is 2.08. The van der Waals surface area contributed by atoms with E-state index in [2.05, 4.69) is 21.2 Å². The second-order valence-corrected chi connectivity index (χ2v) is 5.90. The van der Waals surface area contributed by atoms with E-state index >= 15 is 0 Å². The second kappa shape index (κ2) is 7.81. The summed E-state index contributed by atoms with van der Waals surface area (Å²) >= 11 is 4.91. The standard InChI is InChI=1S/C13H18BrNO2S/c1-3-6-15-13(17)8-18-10-4-5-11(9(2)16)12(14)7-10/h4-5,7,9,16H,3,6,8H2,1-2H3,(H,15,17)/t9-/m1/s1. The first-order valence-electron chi connectivity index (χ1n) is 5.91. The zero-order chi connectivity index (χ0) is 13.5. The van der Waals surface area contributed by atoms with Gasteiger partial charge in [-0.25, -0.2) is 0 Å². The van der Waals surface area contributed by atoms with Gasteiger partial charge in [0, 0.05) is 15.9 Å². The van der Waals surface area contributed by atoms with Gasteiger partial charge >= 0.3 is 0 Å². The number of aliphatic hydroxyl groups is 1. The maximum absolute atomic E-state index is 11.5. The Hall–Kier alpha value is -0.520. The fourth-order valence-electron chi connectivity index (χ4n) is 1.40. The molecule has 2 N–H and O–H groups in total. The van der Waals surface area contributed by atoms with Crippen LogP contribution in [0, 0.1) is 0 Å². The Balaban J connectivity index is 2.53. The molecule has 1 aromatic rings. The number of amides is 1. The van der Waals surface area contributed by atoms with E-state index in [-0.39, 0.29) is 5.91 Å². The number of nitrogens with one attached hydrogen (secondary N) is 1. The normalized spacial score (nSPS) is 12.2. The average molecular weight is 332 g/mol. The molecule has 0 saturated heterocycles. The molecule has 1 amide bonds. The molecule has 1 atom stereocenters. The van der Waals surface area contributed by atoms with Crippen molar-refractivity contribution in [3.05, 3.63) is 28.2 Å². The number of hydrogen-bond donors (Lipinski definition) is 2. The number of aliphatic hydroxyl groups excluding tert-OH is 1. The van der Waals surface area contributed by atoms with Crippen molar-refractivity contribution in [3.8, 4) is 0 Å². The van der Waals surface area contributed by atoms with Gasteiger partial charge in [-0.3, -0.25) is 4.79 Å². The van der Waals surface area contributed by atoms with Crippen LogP contribution in [0.1, 0.15) is 31.9 Å². The Bertz CT molecular complexity index is 410. The van der Waals surface area contributed by atoms with Crippen molar-refractivity contribution in [3.63, 3.8) is 0 Å². The van der Waals surface area contributed by atoms with Crippen LogP contribution in [-0.4, -0.2) is 23.3 Å². The van der Waals surface area contributed by atoms with E-state index in [1.54, 1.807) is 6.92 Å². The van der Waals surface area contributed by atoms with Crippen molar-refractivity contribution in [2.75, 3.05) is 12.3 Å². The molecule has 18 heavy (non-hydrogen) atoms. The number of hydrogen-bond acceptors (Lipinski definition) is 3. The first-order chi connectivity index (χ1) is 8.54. The fourth-order valence-corrected chi connectivity index (χ4v) is 3.03. The number of carbonyl (C=O) groups excluding carboxylic acids is 1. The third-order valence-corrected chi connectivity index (χ3v) is 4.04. The van der Waals surface area contributed by atoms with Gasteiger partial charge in [0.2, 0.25) is 5.91 Å². The van der Waals surface area contributed by atoms with E-state index in [0.717, 1.165) is 27.9 Å². The molecule has 0 saturated carbocycles. The lowest BCUT2D eigenvalue weighted by Gasteiger charge is -2.09. The minimum absolute atomic E-state index is 0.0533. The summed E-state index contributed by atoms with van der Waals surface area (Å²) in [6.45, 7) is 4.48. The van der Waals surface area contributed by atoms with Gasteiger partial charge in [-0.05, 0) is 31.0 Å². The maximum Gasteiger partial charge on any atom is 0.230 e. The molecule has 0 aromatic heterocycles. The van der Waals surface area contributed by atoms with Gasteiger partial charge in [0.05, 0.1) is 11.9 Å². The SMILES string of the molecule is CCCNC(=O)CSc1ccc([C@@H](C)O)c(Br)c1. The van der Waals surface area contributed by atoms with Crippen molar-refractivity contribution in [1.82, 2.24) is 5.32 Å². The zero-order valence-electron chi connectivity index (χ0n) is 10.6. The number of thioether (sulfide) groups is 1. The first-order valence-corrected chi connectivity index (χ1v) is 7.69. The molecule has 0 fully saturated rings. The van der Waals surface area contributed by atoms with Gasteiger partial charge in [0.15, 0.2) is 0 Å². The van der Waals surface area contributed by atoms with Crippen LogP contribution in [-0.2, 0) is 4.79 Å².